The average molecular weight is 223 g/mol. The number of nitriles is 1. The zero-order chi connectivity index (χ0) is 12.0. The number of amides is 2. The van der Waals surface area contributed by atoms with Crippen LogP contribution in [0.25, 0.3) is 0 Å². The Labute approximate surface area is 97.8 Å². The highest BCUT2D eigenvalue weighted by molar-refractivity contribution is 5.74. The number of carbonyl (C=O) groups is 1. The van der Waals surface area contributed by atoms with Gasteiger partial charge in [-0.1, -0.05) is 0 Å². The standard InChI is InChI=1S/C12H21N3O/c1-11(2)15(10-6-7-13)12(16)14-8-4-3-5-9-14/h11H,3-6,8-10H2,1-2H3. The minimum Gasteiger partial charge on any atom is -0.325 e. The van der Waals surface area contributed by atoms with E-state index in [9.17, 15) is 4.79 Å². The lowest BCUT2D eigenvalue weighted by molar-refractivity contribution is 0.132. The van der Waals surface area contributed by atoms with Gasteiger partial charge in [-0.25, -0.2) is 4.79 Å². The van der Waals surface area contributed by atoms with E-state index in [4.69, 9.17) is 5.26 Å². The van der Waals surface area contributed by atoms with E-state index in [1.54, 1.807) is 4.90 Å². The van der Waals surface area contributed by atoms with Gasteiger partial charge in [0.1, 0.15) is 0 Å². The molecule has 0 spiro atoms. The number of likely N-dealkylation sites (tertiary alicyclic amines) is 1. The summed E-state index contributed by atoms with van der Waals surface area (Å²) in [6.07, 6.45) is 3.85. The van der Waals surface area contributed by atoms with E-state index in [1.165, 1.54) is 6.42 Å². The third-order valence-corrected chi connectivity index (χ3v) is 2.96. The number of carbonyl (C=O) groups excluding carboxylic acids is 1. The van der Waals surface area contributed by atoms with Crippen LogP contribution in [0.4, 0.5) is 4.79 Å². The third kappa shape index (κ3) is 3.41. The first-order chi connectivity index (χ1) is 7.66. The van der Waals surface area contributed by atoms with Gasteiger partial charge >= 0.3 is 6.03 Å². The molecular formula is C12H21N3O. The second-order valence-electron chi connectivity index (χ2n) is 4.53. The maximum Gasteiger partial charge on any atom is 0.320 e. The van der Waals surface area contributed by atoms with Crippen LogP contribution in [0.5, 0.6) is 0 Å². The molecule has 1 heterocycles. The molecule has 90 valence electrons. The van der Waals surface area contributed by atoms with Crippen molar-refractivity contribution in [1.82, 2.24) is 9.80 Å². The van der Waals surface area contributed by atoms with Crippen LogP contribution in [0.15, 0.2) is 0 Å². The van der Waals surface area contributed by atoms with E-state index < -0.39 is 0 Å². The van der Waals surface area contributed by atoms with Gasteiger partial charge in [-0.15, -0.1) is 0 Å². The molecule has 0 aromatic carbocycles. The molecule has 0 saturated carbocycles. The van der Waals surface area contributed by atoms with Crippen molar-refractivity contribution in [1.29, 1.82) is 5.26 Å². The summed E-state index contributed by atoms with van der Waals surface area (Å²) in [6, 6.07) is 2.37. The van der Waals surface area contributed by atoms with Crippen molar-refractivity contribution < 1.29 is 4.79 Å². The predicted octanol–water partition coefficient (Wildman–Crippen LogP) is 2.22. The van der Waals surface area contributed by atoms with Crippen molar-refractivity contribution in [3.8, 4) is 6.07 Å². The lowest BCUT2D eigenvalue weighted by atomic mass is 10.1. The summed E-state index contributed by atoms with van der Waals surface area (Å²) in [4.78, 5) is 15.9. The van der Waals surface area contributed by atoms with E-state index in [0.717, 1.165) is 25.9 Å². The minimum absolute atomic E-state index is 0.102. The van der Waals surface area contributed by atoms with Crippen molar-refractivity contribution in [3.05, 3.63) is 0 Å². The summed E-state index contributed by atoms with van der Waals surface area (Å²) in [5.74, 6) is 0. The lowest BCUT2D eigenvalue weighted by Crippen LogP contribution is -2.48. The predicted molar refractivity (Wildman–Crippen MR) is 62.9 cm³/mol. The van der Waals surface area contributed by atoms with E-state index >= 15 is 0 Å². The highest BCUT2D eigenvalue weighted by Gasteiger charge is 2.23. The van der Waals surface area contributed by atoms with Gasteiger partial charge < -0.3 is 9.80 Å². The number of urea groups is 1. The molecule has 16 heavy (non-hydrogen) atoms. The summed E-state index contributed by atoms with van der Waals surface area (Å²) in [5, 5.41) is 8.59. The first-order valence-electron chi connectivity index (χ1n) is 6.09. The second kappa shape index (κ2) is 6.37. The van der Waals surface area contributed by atoms with Crippen LogP contribution >= 0.6 is 0 Å². The van der Waals surface area contributed by atoms with Crippen molar-refractivity contribution >= 4 is 6.03 Å². The van der Waals surface area contributed by atoms with Crippen LogP contribution in [0, 0.1) is 11.3 Å². The van der Waals surface area contributed by atoms with Crippen LogP contribution in [0.2, 0.25) is 0 Å². The highest BCUT2D eigenvalue weighted by Crippen LogP contribution is 2.13. The number of hydrogen-bond donors (Lipinski definition) is 0. The van der Waals surface area contributed by atoms with Crippen LogP contribution in [0.3, 0.4) is 0 Å². The minimum atomic E-state index is 0.102. The number of rotatable bonds is 3. The lowest BCUT2D eigenvalue weighted by Gasteiger charge is -2.34. The second-order valence-corrected chi connectivity index (χ2v) is 4.53. The molecular weight excluding hydrogens is 202 g/mol. The Balaban J connectivity index is 2.55. The molecule has 1 fully saturated rings. The quantitative estimate of drug-likeness (QED) is 0.736. The fraction of sp³-hybridized carbons (Fsp3) is 0.833. The number of hydrogen-bond acceptors (Lipinski definition) is 2. The Bertz CT molecular complexity index is 264. The summed E-state index contributed by atoms with van der Waals surface area (Å²) in [6.45, 7) is 6.28. The van der Waals surface area contributed by atoms with Gasteiger partial charge in [0, 0.05) is 25.7 Å². The van der Waals surface area contributed by atoms with Crippen molar-refractivity contribution in [2.45, 2.75) is 45.6 Å². The molecule has 0 bridgehead atoms. The number of nitrogens with zero attached hydrogens (tertiary/aromatic N) is 3. The molecule has 0 radical (unpaired) electrons. The smallest absolute Gasteiger partial charge is 0.320 e. The zero-order valence-corrected chi connectivity index (χ0v) is 10.3. The molecule has 0 atom stereocenters. The van der Waals surface area contributed by atoms with E-state index in [-0.39, 0.29) is 12.1 Å². The van der Waals surface area contributed by atoms with E-state index in [2.05, 4.69) is 6.07 Å². The average Bonchev–Trinajstić information content (AvgIpc) is 2.30. The van der Waals surface area contributed by atoms with Crippen molar-refractivity contribution in [2.75, 3.05) is 19.6 Å². The summed E-state index contributed by atoms with van der Waals surface area (Å²) < 4.78 is 0. The van der Waals surface area contributed by atoms with Gasteiger partial charge in [0.15, 0.2) is 0 Å². The van der Waals surface area contributed by atoms with Crippen LogP contribution < -0.4 is 0 Å². The maximum absolute atomic E-state index is 12.2. The Hall–Kier alpha value is -1.24. The molecule has 1 aliphatic rings. The molecule has 0 aromatic heterocycles. The molecule has 4 heteroatoms. The first kappa shape index (κ1) is 12.8. The third-order valence-electron chi connectivity index (χ3n) is 2.96. The largest absolute Gasteiger partial charge is 0.325 e. The number of piperidine rings is 1. The van der Waals surface area contributed by atoms with Crippen LogP contribution in [-0.4, -0.2) is 41.5 Å². The molecule has 1 saturated heterocycles. The SMILES string of the molecule is CC(C)N(CCC#N)C(=O)N1CCCCC1. The summed E-state index contributed by atoms with van der Waals surface area (Å²) >= 11 is 0. The molecule has 0 aromatic rings. The van der Waals surface area contributed by atoms with E-state index in [0.29, 0.717) is 13.0 Å². The Morgan fingerprint density at radius 3 is 2.50 bits per heavy atom. The first-order valence-corrected chi connectivity index (χ1v) is 6.09. The normalized spacial score (nSPS) is 16.0. The molecule has 1 aliphatic heterocycles. The Morgan fingerprint density at radius 2 is 2.00 bits per heavy atom. The molecule has 4 nitrogen and oxygen atoms in total. The Kier molecular flexibility index (Phi) is 5.10. The maximum atomic E-state index is 12.2. The van der Waals surface area contributed by atoms with Crippen LogP contribution in [-0.2, 0) is 0 Å². The fourth-order valence-corrected chi connectivity index (χ4v) is 2.01. The van der Waals surface area contributed by atoms with Crippen molar-refractivity contribution in [2.24, 2.45) is 0 Å². The van der Waals surface area contributed by atoms with Gasteiger partial charge in [0.05, 0.1) is 12.5 Å². The molecule has 0 unspecified atom stereocenters. The molecule has 0 aliphatic carbocycles. The van der Waals surface area contributed by atoms with Gasteiger partial charge in [-0.2, -0.15) is 5.26 Å². The fourth-order valence-electron chi connectivity index (χ4n) is 2.01. The van der Waals surface area contributed by atoms with Gasteiger partial charge in [-0.05, 0) is 33.1 Å². The molecule has 1 rings (SSSR count). The summed E-state index contributed by atoms with van der Waals surface area (Å²) in [7, 11) is 0. The molecule has 0 N–H and O–H groups in total. The van der Waals surface area contributed by atoms with Gasteiger partial charge in [0.25, 0.3) is 0 Å². The zero-order valence-electron chi connectivity index (χ0n) is 10.3. The molecule has 2 amide bonds. The Morgan fingerprint density at radius 1 is 1.38 bits per heavy atom. The van der Waals surface area contributed by atoms with Gasteiger partial charge in [-0.3, -0.25) is 0 Å². The monoisotopic (exact) mass is 223 g/mol. The van der Waals surface area contributed by atoms with E-state index in [1.807, 2.05) is 18.7 Å². The summed E-state index contributed by atoms with van der Waals surface area (Å²) in [5.41, 5.74) is 0. The van der Waals surface area contributed by atoms with Gasteiger partial charge in [0.2, 0.25) is 0 Å². The van der Waals surface area contributed by atoms with Crippen LogP contribution in [0.1, 0.15) is 39.5 Å². The van der Waals surface area contributed by atoms with Crippen molar-refractivity contribution in [3.63, 3.8) is 0 Å². The topological polar surface area (TPSA) is 47.3 Å². The highest BCUT2D eigenvalue weighted by atomic mass is 16.2.